The number of aliphatic hydroxyl groups is 1. The van der Waals surface area contributed by atoms with Crippen molar-refractivity contribution in [2.75, 3.05) is 13.2 Å². The molecule has 2 amide bonds. The molecule has 3 N–H and O–H groups in total. The summed E-state index contributed by atoms with van der Waals surface area (Å²) >= 11 is 0. The second kappa shape index (κ2) is 16.7. The number of amides is 2. The van der Waals surface area contributed by atoms with E-state index < -0.39 is 104 Å². The van der Waals surface area contributed by atoms with Gasteiger partial charge in [-0.25, -0.2) is 4.79 Å². The van der Waals surface area contributed by atoms with E-state index in [1.54, 1.807) is 30.3 Å². The third kappa shape index (κ3) is 12.2. The van der Waals surface area contributed by atoms with Gasteiger partial charge in [-0.1, -0.05) is 30.3 Å². The number of carbonyl (C=O) groups is 7. The molecule has 1 heterocycles. The maximum atomic E-state index is 13.2. The molecule has 0 radical (unpaired) electrons. The minimum absolute atomic E-state index is 0.386. The lowest BCUT2D eigenvalue weighted by atomic mass is 9.88. The number of hydrogen-bond donors (Lipinski definition) is 3. The van der Waals surface area contributed by atoms with Gasteiger partial charge >= 0.3 is 41.9 Å². The molecule has 2 rings (SSSR count). The Kier molecular flexibility index (Phi) is 13.6. The Balaban J connectivity index is 2.60. The van der Waals surface area contributed by atoms with Crippen LogP contribution in [0.4, 0.5) is 13.2 Å². The molecular weight excluding hydrogens is 645 g/mol. The minimum atomic E-state index is -5.35. The highest BCUT2D eigenvalue weighted by molar-refractivity contribution is 5.87. The first-order valence-corrected chi connectivity index (χ1v) is 13.7. The standard InChI is InChI=1S/C28H33F3N2O14/c1-14(34)42-13-20(45-16(3)36)23(46-17(4)37)24-22(33-21(38)11-32-25(39)28(29,30)31)19(44-15(2)35)10-27(41,47-24)26(40)43-12-18-8-6-5-7-9-18/h5-9,19-20,22-24,41H,10-13H2,1-4H3,(H,32,39)(H,33,38)/t19?,20-,22-,23-,24?,27+/m1/s1. The average Bonchev–Trinajstić information content (AvgIpc) is 2.96. The summed E-state index contributed by atoms with van der Waals surface area (Å²) < 4.78 is 69.5. The highest BCUT2D eigenvalue weighted by Crippen LogP contribution is 2.35. The number of halogens is 3. The molecule has 1 saturated heterocycles. The molecular formula is C28H33F3N2O14. The summed E-state index contributed by atoms with van der Waals surface area (Å²) in [7, 11) is 0. The molecule has 2 unspecified atom stereocenters. The zero-order chi connectivity index (χ0) is 35.5. The largest absolute Gasteiger partial charge is 0.471 e. The predicted octanol–water partition coefficient (Wildman–Crippen LogP) is -0.271. The van der Waals surface area contributed by atoms with Crippen molar-refractivity contribution >= 4 is 41.7 Å². The van der Waals surface area contributed by atoms with Crippen LogP contribution >= 0.6 is 0 Å². The molecule has 260 valence electrons. The van der Waals surface area contributed by atoms with Gasteiger partial charge in [0, 0.05) is 27.7 Å². The number of benzene rings is 1. The zero-order valence-electron chi connectivity index (χ0n) is 25.5. The molecule has 6 atom stereocenters. The number of carbonyl (C=O) groups excluding carboxylic acids is 7. The lowest BCUT2D eigenvalue weighted by molar-refractivity contribution is -0.300. The van der Waals surface area contributed by atoms with E-state index >= 15 is 0 Å². The molecule has 19 heteroatoms. The predicted molar refractivity (Wildman–Crippen MR) is 145 cm³/mol. The summed E-state index contributed by atoms with van der Waals surface area (Å²) in [6.07, 6.45) is -13.9. The van der Waals surface area contributed by atoms with Crippen LogP contribution in [-0.2, 0) is 68.6 Å². The van der Waals surface area contributed by atoms with Crippen LogP contribution in [0.3, 0.4) is 0 Å². The zero-order valence-corrected chi connectivity index (χ0v) is 25.5. The smallest absolute Gasteiger partial charge is 0.462 e. The summed E-state index contributed by atoms with van der Waals surface area (Å²) in [4.78, 5) is 85.2. The Morgan fingerprint density at radius 3 is 2.09 bits per heavy atom. The van der Waals surface area contributed by atoms with Crippen molar-refractivity contribution < 1.29 is 80.3 Å². The Morgan fingerprint density at radius 1 is 0.936 bits per heavy atom. The van der Waals surface area contributed by atoms with E-state index in [1.807, 2.05) is 0 Å². The molecule has 1 aliphatic rings. The van der Waals surface area contributed by atoms with Crippen LogP contribution < -0.4 is 10.6 Å². The summed E-state index contributed by atoms with van der Waals surface area (Å²) in [5.74, 6) is -12.3. The number of alkyl halides is 3. The van der Waals surface area contributed by atoms with Gasteiger partial charge in [-0.15, -0.1) is 0 Å². The molecule has 0 aliphatic carbocycles. The van der Waals surface area contributed by atoms with Gasteiger partial charge in [0.1, 0.15) is 25.4 Å². The third-order valence-corrected chi connectivity index (χ3v) is 6.17. The van der Waals surface area contributed by atoms with E-state index in [1.165, 1.54) is 5.32 Å². The minimum Gasteiger partial charge on any atom is -0.462 e. The number of esters is 5. The van der Waals surface area contributed by atoms with Gasteiger partial charge in [0.05, 0.1) is 19.0 Å². The number of hydrogen-bond acceptors (Lipinski definition) is 14. The molecule has 1 aromatic carbocycles. The van der Waals surface area contributed by atoms with E-state index in [0.717, 1.165) is 27.7 Å². The summed E-state index contributed by atoms with van der Waals surface area (Å²) in [5.41, 5.74) is 0.480. The highest BCUT2D eigenvalue weighted by Gasteiger charge is 2.58. The van der Waals surface area contributed by atoms with Crippen molar-refractivity contribution in [2.45, 2.75) is 83.1 Å². The second-order valence-corrected chi connectivity index (χ2v) is 10.1. The molecule has 47 heavy (non-hydrogen) atoms. The fraction of sp³-hybridized carbons (Fsp3) is 0.536. The summed E-state index contributed by atoms with van der Waals surface area (Å²) in [6, 6.07) is 6.33. The Labute approximate surface area is 265 Å². The van der Waals surface area contributed by atoms with Crippen molar-refractivity contribution in [2.24, 2.45) is 0 Å². The quantitative estimate of drug-likeness (QED) is 0.181. The van der Waals surface area contributed by atoms with Crippen LogP contribution in [0.1, 0.15) is 39.7 Å². The molecule has 16 nitrogen and oxygen atoms in total. The van der Waals surface area contributed by atoms with Crippen LogP contribution in [-0.4, -0.2) is 102 Å². The van der Waals surface area contributed by atoms with Crippen molar-refractivity contribution in [1.82, 2.24) is 10.6 Å². The Morgan fingerprint density at radius 2 is 1.55 bits per heavy atom. The fourth-order valence-corrected chi connectivity index (χ4v) is 4.35. The van der Waals surface area contributed by atoms with E-state index in [2.05, 4.69) is 5.32 Å². The van der Waals surface area contributed by atoms with Gasteiger partial charge in [0.15, 0.2) is 12.2 Å². The van der Waals surface area contributed by atoms with Gasteiger partial charge < -0.3 is 44.2 Å². The molecule has 1 fully saturated rings. The maximum absolute atomic E-state index is 13.2. The van der Waals surface area contributed by atoms with Gasteiger partial charge in [-0.3, -0.25) is 28.8 Å². The average molecular weight is 679 g/mol. The van der Waals surface area contributed by atoms with Gasteiger partial charge in [-0.2, -0.15) is 13.2 Å². The van der Waals surface area contributed by atoms with Gasteiger partial charge in [-0.05, 0) is 5.56 Å². The summed E-state index contributed by atoms with van der Waals surface area (Å²) in [6.45, 7) is 1.22. The van der Waals surface area contributed by atoms with E-state index in [0.29, 0.717) is 5.56 Å². The first-order chi connectivity index (χ1) is 21.8. The fourth-order valence-electron chi connectivity index (χ4n) is 4.35. The monoisotopic (exact) mass is 678 g/mol. The van der Waals surface area contributed by atoms with Crippen LogP contribution in [0.2, 0.25) is 0 Å². The number of ether oxygens (including phenoxy) is 6. The molecule has 0 saturated carbocycles. The Hall–Kier alpha value is -4.78. The van der Waals surface area contributed by atoms with E-state index in [-0.39, 0.29) is 6.61 Å². The Bertz CT molecular complexity index is 1330. The third-order valence-electron chi connectivity index (χ3n) is 6.17. The van der Waals surface area contributed by atoms with Crippen molar-refractivity contribution in [1.29, 1.82) is 0 Å². The molecule has 0 aromatic heterocycles. The van der Waals surface area contributed by atoms with Gasteiger partial charge in [0.25, 0.3) is 5.79 Å². The molecule has 0 bridgehead atoms. The van der Waals surface area contributed by atoms with Crippen molar-refractivity contribution in [3.63, 3.8) is 0 Å². The van der Waals surface area contributed by atoms with E-state index in [4.69, 9.17) is 28.4 Å². The number of rotatable bonds is 13. The van der Waals surface area contributed by atoms with E-state index in [9.17, 15) is 51.8 Å². The first kappa shape index (κ1) is 38.4. The lowest BCUT2D eigenvalue weighted by Crippen LogP contribution is -2.69. The lowest BCUT2D eigenvalue weighted by Gasteiger charge is -2.47. The highest BCUT2D eigenvalue weighted by atomic mass is 19.4. The maximum Gasteiger partial charge on any atom is 0.471 e. The first-order valence-electron chi connectivity index (χ1n) is 13.7. The topological polar surface area (TPSA) is 219 Å². The molecule has 0 spiro atoms. The van der Waals surface area contributed by atoms with Crippen LogP contribution in [0.15, 0.2) is 30.3 Å². The normalized spacial score (nSPS) is 22.0. The van der Waals surface area contributed by atoms with Crippen molar-refractivity contribution in [3.05, 3.63) is 35.9 Å². The van der Waals surface area contributed by atoms with Crippen LogP contribution in [0.25, 0.3) is 0 Å². The van der Waals surface area contributed by atoms with Crippen LogP contribution in [0, 0.1) is 0 Å². The van der Waals surface area contributed by atoms with Gasteiger partial charge in [0.2, 0.25) is 5.91 Å². The van der Waals surface area contributed by atoms with Crippen LogP contribution in [0.5, 0.6) is 0 Å². The summed E-state index contributed by atoms with van der Waals surface area (Å²) in [5, 5.41) is 14.9. The molecule has 1 aliphatic heterocycles. The SMILES string of the molecule is CC(=O)OC[C@@H](OC(C)=O)[C@@H](OC(C)=O)C1O[C@](O)(C(=O)OCc2ccccc2)CC(OC(C)=O)[C@H]1NC(=O)CNC(=O)C(F)(F)F. The van der Waals surface area contributed by atoms with Crippen molar-refractivity contribution in [3.8, 4) is 0 Å². The second-order valence-electron chi connectivity index (χ2n) is 10.1. The molecule has 1 aromatic rings. The number of nitrogens with one attached hydrogen (secondary N) is 2.